The molecule has 3 aromatic carbocycles. The number of benzene rings is 3. The third-order valence-corrected chi connectivity index (χ3v) is 5.87. The van der Waals surface area contributed by atoms with E-state index >= 15 is 0 Å². The van der Waals surface area contributed by atoms with Gasteiger partial charge in [0.1, 0.15) is 5.70 Å². The zero-order valence-corrected chi connectivity index (χ0v) is 18.9. The van der Waals surface area contributed by atoms with Gasteiger partial charge in [0, 0.05) is 17.3 Å². The molecule has 0 saturated carbocycles. The van der Waals surface area contributed by atoms with Crippen molar-refractivity contribution < 1.29 is 9.59 Å². The number of carbonyl (C=O) groups is 2. The highest BCUT2D eigenvalue weighted by molar-refractivity contribution is 6.36. The van der Waals surface area contributed by atoms with Crippen molar-refractivity contribution in [3.05, 3.63) is 106 Å². The first-order valence-corrected chi connectivity index (χ1v) is 11.1. The van der Waals surface area contributed by atoms with Crippen LogP contribution in [0, 0.1) is 0 Å². The Balaban J connectivity index is 1.62. The van der Waals surface area contributed by atoms with Crippen LogP contribution in [-0.4, -0.2) is 23.3 Å². The van der Waals surface area contributed by atoms with Gasteiger partial charge >= 0.3 is 0 Å². The smallest absolute Gasteiger partial charge is 0.278 e. The minimum absolute atomic E-state index is 0.281. The standard InChI is InChI=1S/C27H25ClN2O2/c1-18(2)20-10-14-23(15-11-20)29-25-24(21-6-4-3-5-7-21)26(31)30(27(25)32)17-16-19-8-12-22(28)13-9-19/h3-15,18,29H,16-17H2,1-2H3. The molecule has 1 aliphatic rings. The predicted molar refractivity (Wildman–Crippen MR) is 129 cm³/mol. The highest BCUT2D eigenvalue weighted by Gasteiger charge is 2.38. The molecule has 0 unspecified atom stereocenters. The second kappa shape index (κ2) is 9.41. The molecular weight excluding hydrogens is 420 g/mol. The van der Waals surface area contributed by atoms with Crippen LogP contribution in [0.2, 0.25) is 5.02 Å². The minimum atomic E-state index is -0.309. The van der Waals surface area contributed by atoms with E-state index < -0.39 is 0 Å². The summed E-state index contributed by atoms with van der Waals surface area (Å²) in [6.45, 7) is 4.57. The summed E-state index contributed by atoms with van der Waals surface area (Å²) in [5.41, 5.74) is 4.45. The van der Waals surface area contributed by atoms with Gasteiger partial charge < -0.3 is 5.32 Å². The summed E-state index contributed by atoms with van der Waals surface area (Å²) in [4.78, 5) is 28.0. The Bertz CT molecular complexity index is 1150. The molecule has 32 heavy (non-hydrogen) atoms. The van der Waals surface area contributed by atoms with Crippen LogP contribution >= 0.6 is 11.6 Å². The summed E-state index contributed by atoms with van der Waals surface area (Å²) in [6, 6.07) is 24.7. The molecule has 162 valence electrons. The SMILES string of the molecule is CC(C)c1ccc(NC2=C(c3ccccc3)C(=O)N(CCc3ccc(Cl)cc3)C2=O)cc1. The van der Waals surface area contributed by atoms with Crippen molar-refractivity contribution in [1.29, 1.82) is 0 Å². The van der Waals surface area contributed by atoms with Gasteiger partial charge in [0.15, 0.2) is 0 Å². The Morgan fingerprint density at radius 2 is 1.50 bits per heavy atom. The molecule has 1 aliphatic heterocycles. The van der Waals surface area contributed by atoms with E-state index in [0.29, 0.717) is 35.2 Å². The molecule has 3 aromatic rings. The summed E-state index contributed by atoms with van der Waals surface area (Å²) in [6.07, 6.45) is 0.563. The van der Waals surface area contributed by atoms with Crippen LogP contribution in [-0.2, 0) is 16.0 Å². The van der Waals surface area contributed by atoms with E-state index in [0.717, 1.165) is 16.8 Å². The first kappa shape index (κ1) is 21.8. The van der Waals surface area contributed by atoms with Crippen molar-refractivity contribution in [2.45, 2.75) is 26.2 Å². The maximum absolute atomic E-state index is 13.3. The van der Waals surface area contributed by atoms with Crippen LogP contribution in [0.1, 0.15) is 36.5 Å². The third-order valence-electron chi connectivity index (χ3n) is 5.61. The lowest BCUT2D eigenvalue weighted by Crippen LogP contribution is -2.34. The van der Waals surface area contributed by atoms with Gasteiger partial charge in [0.05, 0.1) is 5.57 Å². The van der Waals surface area contributed by atoms with E-state index in [1.54, 1.807) is 0 Å². The average Bonchev–Trinajstić information content (AvgIpc) is 3.03. The molecular formula is C27H25ClN2O2. The maximum Gasteiger partial charge on any atom is 0.278 e. The van der Waals surface area contributed by atoms with Gasteiger partial charge in [-0.2, -0.15) is 0 Å². The van der Waals surface area contributed by atoms with Crippen LogP contribution in [0.4, 0.5) is 5.69 Å². The molecule has 0 saturated heterocycles. The van der Waals surface area contributed by atoms with Crippen LogP contribution < -0.4 is 5.32 Å². The highest BCUT2D eigenvalue weighted by Crippen LogP contribution is 2.31. The number of imide groups is 1. The van der Waals surface area contributed by atoms with E-state index in [1.165, 1.54) is 10.5 Å². The lowest BCUT2D eigenvalue weighted by molar-refractivity contribution is -0.136. The van der Waals surface area contributed by atoms with Crippen molar-refractivity contribution in [1.82, 2.24) is 4.90 Å². The molecule has 0 bridgehead atoms. The molecule has 1 N–H and O–H groups in total. The zero-order valence-electron chi connectivity index (χ0n) is 18.1. The fourth-order valence-electron chi connectivity index (χ4n) is 3.76. The number of anilines is 1. The lowest BCUT2D eigenvalue weighted by atomic mass is 10.0. The number of carbonyl (C=O) groups excluding carboxylic acids is 2. The number of amides is 2. The van der Waals surface area contributed by atoms with Crippen molar-refractivity contribution >= 4 is 34.7 Å². The number of hydrogen-bond acceptors (Lipinski definition) is 3. The summed E-state index contributed by atoms with van der Waals surface area (Å²) >= 11 is 5.96. The molecule has 0 fully saturated rings. The predicted octanol–water partition coefficient (Wildman–Crippen LogP) is 5.90. The second-order valence-corrected chi connectivity index (χ2v) is 8.59. The average molecular weight is 445 g/mol. The van der Waals surface area contributed by atoms with Gasteiger partial charge in [-0.25, -0.2) is 0 Å². The molecule has 0 aliphatic carbocycles. The number of nitrogens with one attached hydrogen (secondary N) is 1. The van der Waals surface area contributed by atoms with Crippen LogP contribution in [0.25, 0.3) is 5.57 Å². The summed E-state index contributed by atoms with van der Waals surface area (Å²) in [7, 11) is 0. The Kier molecular flexibility index (Phi) is 6.42. The Morgan fingerprint density at radius 1 is 0.844 bits per heavy atom. The van der Waals surface area contributed by atoms with Crippen LogP contribution in [0.5, 0.6) is 0 Å². The fourth-order valence-corrected chi connectivity index (χ4v) is 3.88. The third kappa shape index (κ3) is 4.61. The maximum atomic E-state index is 13.3. The van der Waals surface area contributed by atoms with Gasteiger partial charge in [-0.1, -0.05) is 80.0 Å². The number of halogens is 1. The molecule has 1 heterocycles. The van der Waals surface area contributed by atoms with E-state index in [2.05, 4.69) is 19.2 Å². The summed E-state index contributed by atoms with van der Waals surface area (Å²) in [5.74, 6) is -0.173. The van der Waals surface area contributed by atoms with Crippen LogP contribution in [0.3, 0.4) is 0 Å². The van der Waals surface area contributed by atoms with Gasteiger partial charge in [-0.3, -0.25) is 14.5 Å². The van der Waals surface area contributed by atoms with Gasteiger partial charge in [-0.05, 0) is 53.3 Å². The number of nitrogens with zero attached hydrogens (tertiary/aromatic N) is 1. The lowest BCUT2D eigenvalue weighted by Gasteiger charge is -2.15. The molecule has 5 heteroatoms. The molecule has 0 aromatic heterocycles. The van der Waals surface area contributed by atoms with E-state index in [4.69, 9.17) is 11.6 Å². The zero-order chi connectivity index (χ0) is 22.7. The summed E-state index contributed by atoms with van der Waals surface area (Å²) in [5, 5.41) is 3.88. The molecule has 2 amide bonds. The Labute approximate surface area is 193 Å². The van der Waals surface area contributed by atoms with Gasteiger partial charge in [0.2, 0.25) is 0 Å². The first-order valence-electron chi connectivity index (χ1n) is 10.7. The molecule has 0 radical (unpaired) electrons. The normalized spacial score (nSPS) is 13.9. The van der Waals surface area contributed by atoms with Crippen molar-refractivity contribution in [2.75, 3.05) is 11.9 Å². The molecule has 4 nitrogen and oxygen atoms in total. The highest BCUT2D eigenvalue weighted by atomic mass is 35.5. The number of rotatable bonds is 7. The fraction of sp³-hybridized carbons (Fsp3) is 0.185. The second-order valence-electron chi connectivity index (χ2n) is 8.16. The Morgan fingerprint density at radius 3 is 2.12 bits per heavy atom. The van der Waals surface area contributed by atoms with Gasteiger partial charge in [0.25, 0.3) is 11.8 Å². The van der Waals surface area contributed by atoms with Crippen molar-refractivity contribution in [3.63, 3.8) is 0 Å². The van der Waals surface area contributed by atoms with E-state index in [1.807, 2.05) is 78.9 Å². The Hall–Kier alpha value is -3.37. The van der Waals surface area contributed by atoms with Gasteiger partial charge in [-0.15, -0.1) is 0 Å². The topological polar surface area (TPSA) is 49.4 Å². The van der Waals surface area contributed by atoms with Crippen molar-refractivity contribution in [2.24, 2.45) is 0 Å². The monoisotopic (exact) mass is 444 g/mol. The van der Waals surface area contributed by atoms with E-state index in [9.17, 15) is 9.59 Å². The quantitative estimate of drug-likeness (QED) is 0.461. The molecule has 4 rings (SSSR count). The molecule has 0 spiro atoms. The first-order chi connectivity index (χ1) is 15.4. The minimum Gasteiger partial charge on any atom is -0.350 e. The van der Waals surface area contributed by atoms with E-state index in [-0.39, 0.29) is 11.8 Å². The largest absolute Gasteiger partial charge is 0.350 e. The summed E-state index contributed by atoms with van der Waals surface area (Å²) < 4.78 is 0. The van der Waals surface area contributed by atoms with Crippen molar-refractivity contribution in [3.8, 4) is 0 Å². The number of hydrogen-bond donors (Lipinski definition) is 1. The van der Waals surface area contributed by atoms with Crippen LogP contribution in [0.15, 0.2) is 84.6 Å². The molecule has 0 atom stereocenters.